The maximum atomic E-state index is 13.3. The van der Waals surface area contributed by atoms with Gasteiger partial charge in [-0.25, -0.2) is 4.79 Å². The number of carboxylic acid groups (broad SMARTS) is 1. The van der Waals surface area contributed by atoms with Crippen molar-refractivity contribution in [2.24, 2.45) is 0 Å². The van der Waals surface area contributed by atoms with Gasteiger partial charge in [0.15, 0.2) is 11.5 Å². The van der Waals surface area contributed by atoms with Gasteiger partial charge in [-0.3, -0.25) is 14.6 Å². The number of benzene rings is 3. The standard InChI is InChI=1S/C28H26N4O6/c1-37-24-14-21(27(34)31-20-9-7-17(8-10-20)11-12-29-28(35)36)23(15-25(24)38-2)32-26(33)19-13-18-5-3-4-6-22(18)30-16-19/h3-10,13-16,29H,11-12H2,1-2H3,(H,31,34)(H,32,33)(H,35,36). The molecule has 0 aliphatic carbocycles. The van der Waals surface area contributed by atoms with Crippen LogP contribution in [0.1, 0.15) is 26.3 Å². The van der Waals surface area contributed by atoms with Crippen molar-refractivity contribution in [1.29, 1.82) is 0 Å². The van der Waals surface area contributed by atoms with Crippen molar-refractivity contribution in [1.82, 2.24) is 10.3 Å². The second kappa shape index (κ2) is 11.7. The van der Waals surface area contributed by atoms with Crippen LogP contribution in [0.25, 0.3) is 10.9 Å². The Bertz CT molecular complexity index is 1490. The molecule has 4 aromatic rings. The lowest BCUT2D eigenvalue weighted by Gasteiger charge is -2.16. The Morgan fingerprint density at radius 3 is 2.29 bits per heavy atom. The summed E-state index contributed by atoms with van der Waals surface area (Å²) in [5.41, 5.74) is 2.92. The van der Waals surface area contributed by atoms with Crippen molar-refractivity contribution >= 4 is 40.2 Å². The van der Waals surface area contributed by atoms with E-state index in [1.807, 2.05) is 24.3 Å². The molecular formula is C28H26N4O6. The molecule has 0 radical (unpaired) electrons. The number of carbonyl (C=O) groups is 3. The average molecular weight is 515 g/mol. The van der Waals surface area contributed by atoms with E-state index in [-0.39, 0.29) is 17.8 Å². The monoisotopic (exact) mass is 514 g/mol. The molecule has 38 heavy (non-hydrogen) atoms. The summed E-state index contributed by atoms with van der Waals surface area (Å²) in [6, 6.07) is 19.2. The Labute approximate surface area is 218 Å². The van der Waals surface area contributed by atoms with Gasteiger partial charge in [0.2, 0.25) is 0 Å². The molecule has 3 amide bonds. The number of rotatable bonds is 9. The molecule has 4 rings (SSSR count). The largest absolute Gasteiger partial charge is 0.493 e. The lowest BCUT2D eigenvalue weighted by atomic mass is 10.1. The van der Waals surface area contributed by atoms with Crippen LogP contribution >= 0.6 is 0 Å². The summed E-state index contributed by atoms with van der Waals surface area (Å²) in [6.07, 6.45) is 0.908. The first-order chi connectivity index (χ1) is 18.4. The van der Waals surface area contributed by atoms with Gasteiger partial charge in [-0.1, -0.05) is 30.3 Å². The van der Waals surface area contributed by atoms with E-state index >= 15 is 0 Å². The number of pyridine rings is 1. The molecule has 1 heterocycles. The molecule has 0 bridgehead atoms. The fraction of sp³-hybridized carbons (Fsp3) is 0.143. The minimum absolute atomic E-state index is 0.166. The minimum atomic E-state index is -1.08. The van der Waals surface area contributed by atoms with Crippen LogP contribution in [-0.2, 0) is 6.42 Å². The molecule has 10 heteroatoms. The van der Waals surface area contributed by atoms with Crippen molar-refractivity contribution in [2.75, 3.05) is 31.4 Å². The summed E-state index contributed by atoms with van der Waals surface area (Å²) in [5, 5.41) is 17.4. The van der Waals surface area contributed by atoms with Gasteiger partial charge in [-0.15, -0.1) is 0 Å². The number of hydrogen-bond acceptors (Lipinski definition) is 6. The molecule has 0 saturated carbocycles. The van der Waals surface area contributed by atoms with Gasteiger partial charge in [0.1, 0.15) is 0 Å². The van der Waals surface area contributed by atoms with E-state index < -0.39 is 17.9 Å². The summed E-state index contributed by atoms with van der Waals surface area (Å²) >= 11 is 0. The highest BCUT2D eigenvalue weighted by Crippen LogP contribution is 2.34. The highest BCUT2D eigenvalue weighted by molar-refractivity contribution is 6.13. The molecular weight excluding hydrogens is 488 g/mol. The third-order valence-electron chi connectivity index (χ3n) is 5.77. The number of nitrogens with zero attached hydrogens (tertiary/aromatic N) is 1. The van der Waals surface area contributed by atoms with Crippen LogP contribution in [0.4, 0.5) is 16.2 Å². The Hall–Kier alpha value is -5.12. The van der Waals surface area contributed by atoms with Gasteiger partial charge in [-0.05, 0) is 42.3 Å². The van der Waals surface area contributed by atoms with Gasteiger partial charge < -0.3 is 30.5 Å². The first-order valence-corrected chi connectivity index (χ1v) is 11.7. The van der Waals surface area contributed by atoms with E-state index in [4.69, 9.17) is 14.6 Å². The third-order valence-corrected chi connectivity index (χ3v) is 5.77. The van der Waals surface area contributed by atoms with Gasteiger partial charge in [-0.2, -0.15) is 0 Å². The van der Waals surface area contributed by atoms with E-state index in [9.17, 15) is 14.4 Å². The van der Waals surface area contributed by atoms with Crippen LogP contribution in [-0.4, -0.2) is 48.8 Å². The van der Waals surface area contributed by atoms with Crippen LogP contribution in [0.3, 0.4) is 0 Å². The zero-order chi connectivity index (χ0) is 27.1. The van der Waals surface area contributed by atoms with E-state index in [1.54, 1.807) is 30.3 Å². The van der Waals surface area contributed by atoms with E-state index in [1.165, 1.54) is 32.5 Å². The molecule has 0 unspecified atom stereocenters. The number of methoxy groups -OCH3 is 2. The molecule has 3 aromatic carbocycles. The molecule has 0 fully saturated rings. The molecule has 1 aromatic heterocycles. The van der Waals surface area contributed by atoms with Gasteiger partial charge >= 0.3 is 6.09 Å². The number of carbonyl (C=O) groups excluding carboxylic acids is 2. The summed E-state index contributed by atoms with van der Waals surface area (Å²) in [4.78, 5) is 41.3. The molecule has 0 aliphatic heterocycles. The molecule has 194 valence electrons. The first-order valence-electron chi connectivity index (χ1n) is 11.7. The summed E-state index contributed by atoms with van der Waals surface area (Å²) in [6.45, 7) is 0.280. The smallest absolute Gasteiger partial charge is 0.404 e. The van der Waals surface area contributed by atoms with E-state index in [0.29, 0.717) is 29.2 Å². The Morgan fingerprint density at radius 1 is 0.868 bits per heavy atom. The topological polar surface area (TPSA) is 139 Å². The van der Waals surface area contributed by atoms with Gasteiger partial charge in [0.05, 0.1) is 36.6 Å². The highest BCUT2D eigenvalue weighted by Gasteiger charge is 2.20. The number of fused-ring (bicyclic) bond motifs is 1. The quantitative estimate of drug-likeness (QED) is 0.257. The lowest BCUT2D eigenvalue weighted by molar-refractivity contribution is 0.102. The maximum Gasteiger partial charge on any atom is 0.404 e. The fourth-order valence-corrected chi connectivity index (χ4v) is 3.83. The number of anilines is 2. The Kier molecular flexibility index (Phi) is 8.02. The van der Waals surface area contributed by atoms with Crippen LogP contribution < -0.4 is 25.4 Å². The molecule has 4 N–H and O–H groups in total. The van der Waals surface area contributed by atoms with Crippen LogP contribution in [0.15, 0.2) is 72.9 Å². The number of aromatic nitrogens is 1. The Morgan fingerprint density at radius 2 is 1.58 bits per heavy atom. The average Bonchev–Trinajstić information content (AvgIpc) is 2.93. The van der Waals surface area contributed by atoms with E-state index in [0.717, 1.165) is 16.5 Å². The van der Waals surface area contributed by atoms with Crippen LogP contribution in [0.2, 0.25) is 0 Å². The second-order valence-corrected chi connectivity index (χ2v) is 8.26. The zero-order valence-electron chi connectivity index (χ0n) is 20.8. The van der Waals surface area contributed by atoms with Crippen molar-refractivity contribution in [3.63, 3.8) is 0 Å². The van der Waals surface area contributed by atoms with Crippen molar-refractivity contribution in [3.8, 4) is 11.5 Å². The van der Waals surface area contributed by atoms with Crippen molar-refractivity contribution in [3.05, 3.63) is 89.6 Å². The number of hydrogen-bond donors (Lipinski definition) is 4. The SMILES string of the molecule is COc1cc(NC(=O)c2cnc3ccccc3c2)c(C(=O)Nc2ccc(CCNC(=O)O)cc2)cc1OC. The van der Waals surface area contributed by atoms with Crippen molar-refractivity contribution in [2.45, 2.75) is 6.42 Å². The third kappa shape index (κ3) is 6.16. The molecule has 0 aliphatic rings. The number of para-hydroxylation sites is 1. The maximum absolute atomic E-state index is 13.3. The normalized spacial score (nSPS) is 10.5. The molecule has 0 saturated heterocycles. The lowest BCUT2D eigenvalue weighted by Crippen LogP contribution is -2.23. The predicted molar refractivity (Wildman–Crippen MR) is 143 cm³/mol. The highest BCUT2D eigenvalue weighted by atomic mass is 16.5. The molecule has 10 nitrogen and oxygen atoms in total. The summed E-state index contributed by atoms with van der Waals surface area (Å²) < 4.78 is 10.7. The van der Waals surface area contributed by atoms with Crippen LogP contribution in [0, 0.1) is 0 Å². The first kappa shape index (κ1) is 26.0. The van der Waals surface area contributed by atoms with Crippen molar-refractivity contribution < 1.29 is 29.0 Å². The Balaban J connectivity index is 1.57. The number of ether oxygens (including phenoxy) is 2. The molecule has 0 atom stereocenters. The van der Waals surface area contributed by atoms with Crippen LogP contribution in [0.5, 0.6) is 11.5 Å². The van der Waals surface area contributed by atoms with E-state index in [2.05, 4.69) is 20.9 Å². The van der Waals surface area contributed by atoms with Gasteiger partial charge in [0, 0.05) is 29.9 Å². The number of nitrogens with one attached hydrogen (secondary N) is 3. The van der Waals surface area contributed by atoms with Gasteiger partial charge in [0.25, 0.3) is 11.8 Å². The summed E-state index contributed by atoms with van der Waals surface area (Å²) in [7, 11) is 2.92. The fourth-order valence-electron chi connectivity index (χ4n) is 3.83. The molecule has 0 spiro atoms. The zero-order valence-corrected chi connectivity index (χ0v) is 20.8. The second-order valence-electron chi connectivity index (χ2n) is 8.26. The summed E-state index contributed by atoms with van der Waals surface area (Å²) in [5.74, 6) is -0.248. The minimum Gasteiger partial charge on any atom is -0.493 e. The predicted octanol–water partition coefficient (Wildman–Crippen LogP) is 4.57. The number of amides is 3.